The van der Waals surface area contributed by atoms with Crippen LogP contribution in [0.3, 0.4) is 0 Å². The van der Waals surface area contributed by atoms with Gasteiger partial charge in [-0.25, -0.2) is 0 Å². The number of carboxylic acid groups (broad SMARTS) is 2. The molecule has 1 aromatic rings. The van der Waals surface area contributed by atoms with Crippen LogP contribution in [0.4, 0.5) is 0 Å². The first-order valence-corrected chi connectivity index (χ1v) is 8.43. The summed E-state index contributed by atoms with van der Waals surface area (Å²) in [5.74, 6) is -3.96. The molecule has 25 heavy (non-hydrogen) atoms. The molecule has 8 heteroatoms. The summed E-state index contributed by atoms with van der Waals surface area (Å²) in [5, 5.41) is 21.9. The first kappa shape index (κ1) is 18.9. The largest absolute Gasteiger partial charge is 0.550 e. The topological polar surface area (TPSA) is 101 Å². The number of aliphatic carboxylic acids is 2. The molecule has 1 heterocycles. The minimum atomic E-state index is -1.70. The average Bonchev–Trinajstić information content (AvgIpc) is 2.79. The maximum atomic E-state index is 12.4. The molecule has 0 saturated carbocycles. The number of thiocarbonyl (C=S) groups is 1. The molecule has 0 unspecified atom stereocenters. The summed E-state index contributed by atoms with van der Waals surface area (Å²) in [7, 11) is 0. The van der Waals surface area contributed by atoms with Gasteiger partial charge in [-0.3, -0.25) is 9.69 Å². The van der Waals surface area contributed by atoms with Crippen molar-refractivity contribution in [1.29, 1.82) is 0 Å². The number of thioether (sulfide) groups is 1. The number of allylic oxidation sites excluding steroid dienone is 2. The molecule has 0 radical (unpaired) electrons. The second-order valence-electron chi connectivity index (χ2n) is 5.26. The van der Waals surface area contributed by atoms with E-state index in [9.17, 15) is 24.6 Å². The second-order valence-corrected chi connectivity index (χ2v) is 6.94. The van der Waals surface area contributed by atoms with Crippen LogP contribution in [-0.4, -0.2) is 33.1 Å². The molecule has 0 bridgehead atoms. The van der Waals surface area contributed by atoms with E-state index in [4.69, 9.17) is 12.2 Å². The van der Waals surface area contributed by atoms with E-state index in [-0.39, 0.29) is 9.23 Å². The Morgan fingerprint density at radius 1 is 1.28 bits per heavy atom. The number of amides is 1. The molecule has 130 valence electrons. The van der Waals surface area contributed by atoms with E-state index in [0.29, 0.717) is 0 Å². The zero-order valence-electron chi connectivity index (χ0n) is 13.1. The van der Waals surface area contributed by atoms with Crippen LogP contribution < -0.4 is 10.2 Å². The van der Waals surface area contributed by atoms with E-state index in [1.165, 1.54) is 0 Å². The van der Waals surface area contributed by atoms with Gasteiger partial charge in [-0.2, -0.15) is 0 Å². The van der Waals surface area contributed by atoms with Crippen molar-refractivity contribution >= 4 is 52.2 Å². The van der Waals surface area contributed by atoms with E-state index >= 15 is 0 Å². The Kier molecular flexibility index (Phi) is 6.11. The molecular formula is C17H13NO5S2-2. The molecular weight excluding hydrogens is 362 g/mol. The number of benzene rings is 1. The number of carboxylic acids is 2. The quantitative estimate of drug-likeness (QED) is 0.513. The number of hydrogen-bond acceptors (Lipinski definition) is 7. The van der Waals surface area contributed by atoms with Crippen LogP contribution in [0.1, 0.15) is 18.9 Å². The van der Waals surface area contributed by atoms with E-state index in [0.717, 1.165) is 27.8 Å². The van der Waals surface area contributed by atoms with Gasteiger partial charge in [0.05, 0.1) is 16.9 Å². The Bertz CT molecular complexity index is 785. The van der Waals surface area contributed by atoms with Gasteiger partial charge in [0.2, 0.25) is 0 Å². The van der Waals surface area contributed by atoms with Gasteiger partial charge in [-0.05, 0) is 24.1 Å². The number of carbonyl (C=O) groups excluding carboxylic acids is 3. The molecule has 1 aromatic carbocycles. The van der Waals surface area contributed by atoms with Crippen molar-refractivity contribution in [2.24, 2.45) is 0 Å². The highest BCUT2D eigenvalue weighted by Gasteiger charge is 2.37. The fourth-order valence-corrected chi connectivity index (χ4v) is 3.65. The van der Waals surface area contributed by atoms with Crippen LogP contribution in [0, 0.1) is 0 Å². The molecule has 2 rings (SSSR count). The zero-order valence-corrected chi connectivity index (χ0v) is 14.8. The van der Waals surface area contributed by atoms with Crippen molar-refractivity contribution in [1.82, 2.24) is 4.90 Å². The smallest absolute Gasteiger partial charge is 0.266 e. The third kappa shape index (κ3) is 4.77. The van der Waals surface area contributed by atoms with Crippen LogP contribution in [0.25, 0.3) is 6.08 Å². The lowest BCUT2D eigenvalue weighted by molar-refractivity contribution is -0.319. The van der Waals surface area contributed by atoms with Crippen molar-refractivity contribution in [2.45, 2.75) is 19.4 Å². The Morgan fingerprint density at radius 2 is 1.92 bits per heavy atom. The zero-order chi connectivity index (χ0) is 18.6. The van der Waals surface area contributed by atoms with Crippen molar-refractivity contribution in [3.8, 4) is 0 Å². The van der Waals surface area contributed by atoms with Crippen molar-refractivity contribution in [3.05, 3.63) is 52.4 Å². The maximum absolute atomic E-state index is 12.4. The number of carbonyl (C=O) groups is 3. The first-order chi connectivity index (χ1) is 11.8. The molecule has 0 N–H and O–H groups in total. The summed E-state index contributed by atoms with van der Waals surface area (Å²) in [4.78, 5) is 35.3. The summed E-state index contributed by atoms with van der Waals surface area (Å²) in [6.07, 6.45) is 2.54. The van der Waals surface area contributed by atoms with E-state index in [1.54, 1.807) is 13.0 Å². The fourth-order valence-electron chi connectivity index (χ4n) is 2.25. The predicted molar refractivity (Wildman–Crippen MR) is 93.6 cm³/mol. The summed E-state index contributed by atoms with van der Waals surface area (Å²) in [5.41, 5.74) is 1.70. The van der Waals surface area contributed by atoms with Gasteiger partial charge in [0.25, 0.3) is 5.91 Å². The SMILES string of the molecule is CC(=C/c1ccccc1)/C=C1/SC(=S)N([C@H](CC(=O)[O-])C(=O)[O-])C1=O. The standard InChI is InChI=1S/C17H15NO5S2/c1-10(7-11-5-3-2-4-6-11)8-13-15(21)18(17(24)25-13)12(16(22)23)9-14(19)20/h2-8,12H,9H2,1H3,(H,19,20)(H,22,23)/p-2/b10-7-,13-8+/t12-/m1/s1. The van der Waals surface area contributed by atoms with Crippen molar-refractivity contribution in [3.63, 3.8) is 0 Å². The van der Waals surface area contributed by atoms with Gasteiger partial charge in [-0.1, -0.05) is 60.4 Å². The minimum absolute atomic E-state index is 0.0285. The first-order valence-electron chi connectivity index (χ1n) is 7.20. The van der Waals surface area contributed by atoms with Gasteiger partial charge in [-0.15, -0.1) is 0 Å². The molecule has 0 aliphatic carbocycles. The summed E-state index contributed by atoms with van der Waals surface area (Å²) in [6.45, 7) is 1.79. The number of nitrogens with zero attached hydrogens (tertiary/aromatic N) is 1. The van der Waals surface area contributed by atoms with Crippen LogP contribution in [-0.2, 0) is 14.4 Å². The highest BCUT2D eigenvalue weighted by molar-refractivity contribution is 8.26. The van der Waals surface area contributed by atoms with Crippen molar-refractivity contribution in [2.75, 3.05) is 0 Å². The summed E-state index contributed by atoms with van der Waals surface area (Å²) in [6, 6.07) is 7.74. The molecule has 1 aliphatic rings. The summed E-state index contributed by atoms with van der Waals surface area (Å²) < 4.78 is -0.0285. The van der Waals surface area contributed by atoms with Crippen LogP contribution in [0.5, 0.6) is 0 Å². The molecule has 1 atom stereocenters. The van der Waals surface area contributed by atoms with Gasteiger partial charge in [0.15, 0.2) is 0 Å². The van der Waals surface area contributed by atoms with Crippen LogP contribution >= 0.6 is 24.0 Å². The normalized spacial score (nSPS) is 17.9. The Morgan fingerprint density at radius 3 is 2.48 bits per heavy atom. The maximum Gasteiger partial charge on any atom is 0.266 e. The molecule has 1 aliphatic heterocycles. The third-order valence-corrected chi connectivity index (χ3v) is 4.65. The highest BCUT2D eigenvalue weighted by atomic mass is 32.2. The molecule has 1 amide bonds. The minimum Gasteiger partial charge on any atom is -0.550 e. The Hall–Kier alpha value is -2.45. The van der Waals surface area contributed by atoms with E-state index in [2.05, 4.69) is 0 Å². The van der Waals surface area contributed by atoms with E-state index < -0.39 is 30.3 Å². The van der Waals surface area contributed by atoms with Gasteiger partial charge < -0.3 is 19.8 Å². The Balaban J connectivity index is 2.26. The van der Waals surface area contributed by atoms with Crippen LogP contribution in [0.2, 0.25) is 0 Å². The molecule has 6 nitrogen and oxygen atoms in total. The lowest BCUT2D eigenvalue weighted by atomic mass is 10.1. The Labute approximate surface area is 153 Å². The predicted octanol–water partition coefficient (Wildman–Crippen LogP) is 0.0926. The van der Waals surface area contributed by atoms with Gasteiger partial charge >= 0.3 is 0 Å². The molecule has 1 fully saturated rings. The van der Waals surface area contributed by atoms with Gasteiger partial charge in [0, 0.05) is 12.4 Å². The monoisotopic (exact) mass is 375 g/mol. The second kappa shape index (κ2) is 8.09. The number of hydrogen-bond donors (Lipinski definition) is 0. The lowest BCUT2D eigenvalue weighted by Crippen LogP contribution is -2.52. The average molecular weight is 375 g/mol. The van der Waals surface area contributed by atoms with Crippen molar-refractivity contribution < 1.29 is 24.6 Å². The van der Waals surface area contributed by atoms with Gasteiger partial charge in [0.1, 0.15) is 4.32 Å². The summed E-state index contributed by atoms with van der Waals surface area (Å²) >= 11 is 5.95. The van der Waals surface area contributed by atoms with Crippen LogP contribution in [0.15, 0.2) is 46.9 Å². The van der Waals surface area contributed by atoms with E-state index in [1.807, 2.05) is 36.4 Å². The molecule has 1 saturated heterocycles. The fraction of sp³-hybridized carbons (Fsp3) is 0.176. The molecule has 0 aromatic heterocycles. The third-order valence-electron chi connectivity index (χ3n) is 3.32. The highest BCUT2D eigenvalue weighted by Crippen LogP contribution is 2.34. The lowest BCUT2D eigenvalue weighted by Gasteiger charge is -2.27. The number of rotatable bonds is 6. The molecule has 0 spiro atoms.